The van der Waals surface area contributed by atoms with Gasteiger partial charge in [-0.1, -0.05) is 56.3 Å². The standard InChI is InChI=1S/C19H26N2O/c1-3-21(4-2)14-8-13-20-19(22)15-17-11-7-10-16-9-5-6-12-18(16)17/h5-7,9-12H,3-4,8,13-15H2,1-2H3,(H,20,22). The van der Waals surface area contributed by atoms with Crippen molar-refractivity contribution in [1.82, 2.24) is 10.2 Å². The van der Waals surface area contributed by atoms with Crippen molar-refractivity contribution in [3.8, 4) is 0 Å². The maximum atomic E-state index is 12.1. The molecule has 0 unspecified atom stereocenters. The fourth-order valence-electron chi connectivity index (χ4n) is 2.75. The van der Waals surface area contributed by atoms with Gasteiger partial charge in [-0.2, -0.15) is 0 Å². The summed E-state index contributed by atoms with van der Waals surface area (Å²) in [4.78, 5) is 14.5. The molecule has 0 aliphatic heterocycles. The first-order valence-electron chi connectivity index (χ1n) is 8.20. The molecule has 0 aromatic heterocycles. The number of carbonyl (C=O) groups excluding carboxylic acids is 1. The molecule has 0 aliphatic carbocycles. The largest absolute Gasteiger partial charge is 0.356 e. The predicted octanol–water partition coefficient (Wildman–Crippen LogP) is 3.23. The van der Waals surface area contributed by atoms with Crippen LogP contribution in [0.25, 0.3) is 10.8 Å². The van der Waals surface area contributed by atoms with Crippen molar-refractivity contribution in [2.24, 2.45) is 0 Å². The maximum absolute atomic E-state index is 12.1. The predicted molar refractivity (Wildman–Crippen MR) is 93.1 cm³/mol. The van der Waals surface area contributed by atoms with Crippen molar-refractivity contribution in [1.29, 1.82) is 0 Å². The van der Waals surface area contributed by atoms with Gasteiger partial charge in [0.25, 0.3) is 0 Å². The zero-order valence-corrected chi connectivity index (χ0v) is 13.6. The number of carbonyl (C=O) groups is 1. The topological polar surface area (TPSA) is 32.3 Å². The number of rotatable bonds is 8. The van der Waals surface area contributed by atoms with Crippen LogP contribution in [0.5, 0.6) is 0 Å². The number of hydrogen-bond acceptors (Lipinski definition) is 2. The lowest BCUT2D eigenvalue weighted by atomic mass is 10.0. The van der Waals surface area contributed by atoms with Crippen LogP contribution in [0.3, 0.4) is 0 Å². The number of hydrogen-bond donors (Lipinski definition) is 1. The van der Waals surface area contributed by atoms with Crippen LogP contribution in [-0.2, 0) is 11.2 Å². The van der Waals surface area contributed by atoms with Crippen LogP contribution in [0.4, 0.5) is 0 Å². The highest BCUT2D eigenvalue weighted by Crippen LogP contribution is 2.18. The first kappa shape index (κ1) is 16.5. The van der Waals surface area contributed by atoms with Crippen LogP contribution in [0, 0.1) is 0 Å². The Kier molecular flexibility index (Phi) is 6.41. The SMILES string of the molecule is CCN(CC)CCCNC(=O)Cc1cccc2ccccc12. The first-order chi connectivity index (χ1) is 10.7. The quantitative estimate of drug-likeness (QED) is 0.759. The van der Waals surface area contributed by atoms with E-state index in [2.05, 4.69) is 42.3 Å². The van der Waals surface area contributed by atoms with Crippen LogP contribution in [0.1, 0.15) is 25.8 Å². The molecule has 3 nitrogen and oxygen atoms in total. The molecule has 1 amide bonds. The van der Waals surface area contributed by atoms with E-state index in [1.54, 1.807) is 0 Å². The minimum atomic E-state index is 0.107. The summed E-state index contributed by atoms with van der Waals surface area (Å²) in [5, 5.41) is 5.39. The van der Waals surface area contributed by atoms with E-state index in [1.165, 1.54) is 10.8 Å². The molecule has 0 spiro atoms. The summed E-state index contributed by atoms with van der Waals surface area (Å²) in [5.74, 6) is 0.107. The Bertz CT molecular complexity index is 600. The molecule has 0 fully saturated rings. The van der Waals surface area contributed by atoms with E-state index in [9.17, 15) is 4.79 Å². The van der Waals surface area contributed by atoms with Crippen LogP contribution in [0.15, 0.2) is 42.5 Å². The molecular formula is C19H26N2O. The molecule has 2 aromatic carbocycles. The molecule has 0 saturated carbocycles. The Balaban J connectivity index is 1.84. The molecular weight excluding hydrogens is 272 g/mol. The van der Waals surface area contributed by atoms with Crippen molar-refractivity contribution in [3.05, 3.63) is 48.0 Å². The fraction of sp³-hybridized carbons (Fsp3) is 0.421. The third kappa shape index (κ3) is 4.57. The number of benzene rings is 2. The Morgan fingerprint density at radius 1 is 1.05 bits per heavy atom. The lowest BCUT2D eigenvalue weighted by molar-refractivity contribution is -0.120. The van der Waals surface area contributed by atoms with Crippen LogP contribution < -0.4 is 5.32 Å². The average Bonchev–Trinajstić information content (AvgIpc) is 2.55. The average molecular weight is 298 g/mol. The van der Waals surface area contributed by atoms with Crippen molar-refractivity contribution >= 4 is 16.7 Å². The van der Waals surface area contributed by atoms with Gasteiger partial charge in [0.1, 0.15) is 0 Å². The van der Waals surface area contributed by atoms with E-state index in [-0.39, 0.29) is 5.91 Å². The van der Waals surface area contributed by atoms with Crippen molar-refractivity contribution < 1.29 is 4.79 Å². The van der Waals surface area contributed by atoms with Crippen LogP contribution in [-0.4, -0.2) is 37.0 Å². The summed E-state index contributed by atoms with van der Waals surface area (Å²) < 4.78 is 0. The molecule has 0 atom stereocenters. The normalized spacial score (nSPS) is 11.0. The van der Waals surface area contributed by atoms with Crippen LogP contribution >= 0.6 is 0 Å². The third-order valence-corrected chi connectivity index (χ3v) is 4.10. The van der Waals surface area contributed by atoms with Crippen molar-refractivity contribution in [2.75, 3.05) is 26.2 Å². The summed E-state index contributed by atoms with van der Waals surface area (Å²) in [5.41, 5.74) is 1.10. The molecule has 2 rings (SSSR count). The van der Waals surface area contributed by atoms with Gasteiger partial charge in [-0.3, -0.25) is 4.79 Å². The number of fused-ring (bicyclic) bond motifs is 1. The summed E-state index contributed by atoms with van der Waals surface area (Å²) in [6.45, 7) is 8.27. The zero-order chi connectivity index (χ0) is 15.8. The summed E-state index contributed by atoms with van der Waals surface area (Å²) in [6.07, 6.45) is 1.45. The Morgan fingerprint density at radius 2 is 1.77 bits per heavy atom. The van der Waals surface area contributed by atoms with E-state index in [0.717, 1.165) is 38.2 Å². The highest BCUT2D eigenvalue weighted by Gasteiger charge is 2.06. The first-order valence-corrected chi connectivity index (χ1v) is 8.20. The molecule has 0 heterocycles. The zero-order valence-electron chi connectivity index (χ0n) is 13.6. The minimum Gasteiger partial charge on any atom is -0.356 e. The fourth-order valence-corrected chi connectivity index (χ4v) is 2.75. The molecule has 1 N–H and O–H groups in total. The molecule has 0 bridgehead atoms. The van der Waals surface area contributed by atoms with Gasteiger partial charge in [0.05, 0.1) is 6.42 Å². The third-order valence-electron chi connectivity index (χ3n) is 4.10. The molecule has 0 saturated heterocycles. The van der Waals surface area contributed by atoms with E-state index in [1.807, 2.05) is 24.3 Å². The van der Waals surface area contributed by atoms with Gasteiger partial charge >= 0.3 is 0 Å². The van der Waals surface area contributed by atoms with Crippen LogP contribution in [0.2, 0.25) is 0 Å². The highest BCUT2D eigenvalue weighted by atomic mass is 16.1. The van der Waals surface area contributed by atoms with Gasteiger partial charge in [0, 0.05) is 6.54 Å². The smallest absolute Gasteiger partial charge is 0.224 e. The van der Waals surface area contributed by atoms with E-state index < -0.39 is 0 Å². The Labute approximate surface area is 133 Å². The van der Waals surface area contributed by atoms with Gasteiger partial charge < -0.3 is 10.2 Å². The summed E-state index contributed by atoms with van der Waals surface area (Å²) >= 11 is 0. The monoisotopic (exact) mass is 298 g/mol. The van der Waals surface area contributed by atoms with Crippen molar-refractivity contribution in [3.63, 3.8) is 0 Å². The second-order valence-corrected chi connectivity index (χ2v) is 5.55. The second kappa shape index (κ2) is 8.54. The van der Waals surface area contributed by atoms with Gasteiger partial charge in [-0.15, -0.1) is 0 Å². The number of nitrogens with zero attached hydrogens (tertiary/aromatic N) is 1. The number of nitrogens with one attached hydrogen (secondary N) is 1. The molecule has 22 heavy (non-hydrogen) atoms. The lowest BCUT2D eigenvalue weighted by Crippen LogP contribution is -2.30. The highest BCUT2D eigenvalue weighted by molar-refractivity contribution is 5.90. The Hall–Kier alpha value is -1.87. The number of amides is 1. The van der Waals surface area contributed by atoms with E-state index in [4.69, 9.17) is 0 Å². The summed E-state index contributed by atoms with van der Waals surface area (Å²) in [6, 6.07) is 14.4. The Morgan fingerprint density at radius 3 is 2.55 bits per heavy atom. The van der Waals surface area contributed by atoms with Gasteiger partial charge in [0.2, 0.25) is 5.91 Å². The lowest BCUT2D eigenvalue weighted by Gasteiger charge is -2.17. The van der Waals surface area contributed by atoms with Gasteiger partial charge in [0.15, 0.2) is 0 Å². The molecule has 118 valence electrons. The molecule has 0 radical (unpaired) electrons. The van der Waals surface area contributed by atoms with Gasteiger partial charge in [-0.05, 0) is 42.4 Å². The van der Waals surface area contributed by atoms with Crippen molar-refractivity contribution in [2.45, 2.75) is 26.7 Å². The molecule has 2 aromatic rings. The maximum Gasteiger partial charge on any atom is 0.224 e. The summed E-state index contributed by atoms with van der Waals surface area (Å²) in [7, 11) is 0. The second-order valence-electron chi connectivity index (χ2n) is 5.55. The molecule has 3 heteroatoms. The van der Waals surface area contributed by atoms with E-state index >= 15 is 0 Å². The van der Waals surface area contributed by atoms with Gasteiger partial charge in [-0.25, -0.2) is 0 Å². The minimum absolute atomic E-state index is 0.107. The molecule has 0 aliphatic rings. The van der Waals surface area contributed by atoms with E-state index in [0.29, 0.717) is 6.42 Å².